The fourth-order valence-electron chi connectivity index (χ4n) is 1.66. The molecule has 0 amide bonds. The highest BCUT2D eigenvalue weighted by molar-refractivity contribution is 5.93. The molecule has 0 saturated heterocycles. The predicted octanol–water partition coefficient (Wildman–Crippen LogP) is 2.47. The van der Waals surface area contributed by atoms with Crippen molar-refractivity contribution in [3.8, 4) is 23.0 Å². The van der Waals surface area contributed by atoms with Gasteiger partial charge < -0.3 is 19.3 Å². The Kier molecular flexibility index (Phi) is 5.35. The number of hydrogen-bond donors (Lipinski definition) is 1. The van der Waals surface area contributed by atoms with Gasteiger partial charge in [0.15, 0.2) is 0 Å². The van der Waals surface area contributed by atoms with E-state index in [9.17, 15) is 14.7 Å². The number of aromatic hydroxyl groups is 1. The fourth-order valence-corrected chi connectivity index (χ4v) is 1.66. The normalized spacial score (nSPS) is 10.3. The lowest BCUT2D eigenvalue weighted by Gasteiger charge is -2.05. The van der Waals surface area contributed by atoms with E-state index in [-0.39, 0.29) is 11.5 Å². The minimum atomic E-state index is -0.789. The minimum absolute atomic E-state index is 0.0907. The van der Waals surface area contributed by atoms with Gasteiger partial charge in [-0.3, -0.25) is 0 Å². The Bertz CT molecular complexity index is 721. The standard InChI is InChI=1S/C17H14O6/c1-21-14-9-12(18)10-15(11-14)23-17(20)8-7-16(19)22-13-5-3-2-4-6-13/h2-11,18H,1H3/b8-7+. The second-order valence-electron chi connectivity index (χ2n) is 4.36. The molecule has 0 fully saturated rings. The molecule has 6 nitrogen and oxygen atoms in total. The summed E-state index contributed by atoms with van der Waals surface area (Å²) < 4.78 is 14.9. The predicted molar refractivity (Wildman–Crippen MR) is 81.5 cm³/mol. The number of carbonyl (C=O) groups is 2. The molecule has 2 rings (SSSR count). The summed E-state index contributed by atoms with van der Waals surface area (Å²) in [6.07, 6.45) is 1.89. The Morgan fingerprint density at radius 1 is 0.870 bits per heavy atom. The zero-order valence-electron chi connectivity index (χ0n) is 12.3. The van der Waals surface area contributed by atoms with E-state index in [0.29, 0.717) is 11.5 Å². The topological polar surface area (TPSA) is 82.1 Å². The quantitative estimate of drug-likeness (QED) is 0.518. The van der Waals surface area contributed by atoms with Gasteiger partial charge in [0.05, 0.1) is 7.11 Å². The van der Waals surface area contributed by atoms with Gasteiger partial charge in [-0.25, -0.2) is 9.59 Å². The third kappa shape index (κ3) is 5.20. The van der Waals surface area contributed by atoms with Crippen LogP contribution in [0.25, 0.3) is 0 Å². The van der Waals surface area contributed by atoms with Gasteiger partial charge in [-0.05, 0) is 12.1 Å². The van der Waals surface area contributed by atoms with Gasteiger partial charge in [-0.1, -0.05) is 18.2 Å². The maximum Gasteiger partial charge on any atom is 0.336 e. The van der Waals surface area contributed by atoms with E-state index in [1.54, 1.807) is 30.3 Å². The summed E-state index contributed by atoms with van der Waals surface area (Å²) >= 11 is 0. The number of benzene rings is 2. The average molecular weight is 314 g/mol. The Balaban J connectivity index is 1.93. The van der Waals surface area contributed by atoms with E-state index in [0.717, 1.165) is 12.2 Å². The molecule has 0 atom stereocenters. The molecule has 0 spiro atoms. The zero-order chi connectivity index (χ0) is 16.7. The van der Waals surface area contributed by atoms with Crippen molar-refractivity contribution in [1.29, 1.82) is 0 Å². The van der Waals surface area contributed by atoms with Crippen molar-refractivity contribution in [2.45, 2.75) is 0 Å². The van der Waals surface area contributed by atoms with E-state index in [1.807, 2.05) is 0 Å². The van der Waals surface area contributed by atoms with Crippen molar-refractivity contribution < 1.29 is 28.9 Å². The first-order chi connectivity index (χ1) is 11.1. The van der Waals surface area contributed by atoms with Crippen molar-refractivity contribution in [2.75, 3.05) is 7.11 Å². The number of esters is 2. The van der Waals surface area contributed by atoms with Crippen LogP contribution in [0.5, 0.6) is 23.0 Å². The van der Waals surface area contributed by atoms with Crippen LogP contribution >= 0.6 is 0 Å². The summed E-state index contributed by atoms with van der Waals surface area (Å²) in [5.74, 6) is -0.814. The molecule has 0 aliphatic carbocycles. The van der Waals surface area contributed by atoms with Crippen molar-refractivity contribution in [3.63, 3.8) is 0 Å². The lowest BCUT2D eigenvalue weighted by molar-refractivity contribution is -0.131. The van der Waals surface area contributed by atoms with Gasteiger partial charge in [0.2, 0.25) is 0 Å². The first-order valence-electron chi connectivity index (χ1n) is 6.61. The van der Waals surface area contributed by atoms with Crippen LogP contribution in [0, 0.1) is 0 Å². The van der Waals surface area contributed by atoms with Crippen LogP contribution < -0.4 is 14.2 Å². The molecule has 0 bridgehead atoms. The number of rotatable bonds is 5. The lowest BCUT2D eigenvalue weighted by atomic mass is 10.3. The van der Waals surface area contributed by atoms with Crippen molar-refractivity contribution in [1.82, 2.24) is 0 Å². The van der Waals surface area contributed by atoms with Crippen LogP contribution in [0.15, 0.2) is 60.7 Å². The van der Waals surface area contributed by atoms with E-state index in [1.165, 1.54) is 25.3 Å². The molecular weight excluding hydrogens is 300 g/mol. The van der Waals surface area contributed by atoms with Crippen LogP contribution in [-0.4, -0.2) is 24.2 Å². The second kappa shape index (κ2) is 7.65. The van der Waals surface area contributed by atoms with E-state index in [2.05, 4.69) is 0 Å². The van der Waals surface area contributed by atoms with Crippen molar-refractivity contribution >= 4 is 11.9 Å². The molecule has 2 aromatic carbocycles. The van der Waals surface area contributed by atoms with Crippen LogP contribution in [0.1, 0.15) is 0 Å². The molecule has 6 heteroatoms. The number of ether oxygens (including phenoxy) is 3. The van der Waals surface area contributed by atoms with Crippen molar-refractivity contribution in [2.24, 2.45) is 0 Å². The molecule has 0 aliphatic rings. The largest absolute Gasteiger partial charge is 0.508 e. The summed E-state index contributed by atoms with van der Waals surface area (Å²) in [7, 11) is 1.42. The van der Waals surface area contributed by atoms with Crippen molar-refractivity contribution in [3.05, 3.63) is 60.7 Å². The lowest BCUT2D eigenvalue weighted by Crippen LogP contribution is -2.08. The van der Waals surface area contributed by atoms with Crippen LogP contribution in [0.2, 0.25) is 0 Å². The summed E-state index contributed by atoms with van der Waals surface area (Å²) in [5, 5.41) is 9.46. The molecule has 0 unspecified atom stereocenters. The van der Waals surface area contributed by atoms with Gasteiger partial charge in [-0.15, -0.1) is 0 Å². The molecule has 0 heterocycles. The molecule has 0 radical (unpaired) electrons. The fraction of sp³-hybridized carbons (Fsp3) is 0.0588. The van der Waals surface area contributed by atoms with Crippen LogP contribution in [0.3, 0.4) is 0 Å². The molecule has 1 N–H and O–H groups in total. The summed E-state index contributed by atoms with van der Waals surface area (Å²) in [4.78, 5) is 23.2. The number of para-hydroxylation sites is 1. The summed E-state index contributed by atoms with van der Waals surface area (Å²) in [6.45, 7) is 0. The summed E-state index contributed by atoms with van der Waals surface area (Å²) in [6, 6.07) is 12.5. The highest BCUT2D eigenvalue weighted by Crippen LogP contribution is 2.26. The van der Waals surface area contributed by atoms with Gasteiger partial charge in [-0.2, -0.15) is 0 Å². The maximum atomic E-state index is 11.6. The van der Waals surface area contributed by atoms with Gasteiger partial charge in [0, 0.05) is 30.4 Å². The SMILES string of the molecule is COc1cc(O)cc(OC(=O)/C=C/C(=O)Oc2ccccc2)c1. The van der Waals surface area contributed by atoms with E-state index >= 15 is 0 Å². The van der Waals surface area contributed by atoms with Gasteiger partial charge in [0.25, 0.3) is 0 Å². The van der Waals surface area contributed by atoms with E-state index in [4.69, 9.17) is 14.2 Å². The number of phenols is 1. The highest BCUT2D eigenvalue weighted by atomic mass is 16.5. The summed E-state index contributed by atoms with van der Waals surface area (Å²) in [5.41, 5.74) is 0. The third-order valence-corrected chi connectivity index (χ3v) is 2.64. The van der Waals surface area contributed by atoms with Gasteiger partial charge in [0.1, 0.15) is 23.0 Å². The maximum absolute atomic E-state index is 11.6. The Hall–Kier alpha value is -3.28. The number of phenolic OH excluding ortho intramolecular Hbond substituents is 1. The Morgan fingerprint density at radius 3 is 2.04 bits per heavy atom. The monoisotopic (exact) mass is 314 g/mol. The van der Waals surface area contributed by atoms with Gasteiger partial charge >= 0.3 is 11.9 Å². The minimum Gasteiger partial charge on any atom is -0.508 e. The third-order valence-electron chi connectivity index (χ3n) is 2.64. The molecule has 0 aliphatic heterocycles. The average Bonchev–Trinajstić information content (AvgIpc) is 2.53. The van der Waals surface area contributed by atoms with Crippen LogP contribution in [0.4, 0.5) is 0 Å². The molecule has 0 aromatic heterocycles. The Morgan fingerprint density at radius 2 is 1.43 bits per heavy atom. The van der Waals surface area contributed by atoms with E-state index < -0.39 is 11.9 Å². The Labute approximate surface area is 132 Å². The molecule has 2 aromatic rings. The highest BCUT2D eigenvalue weighted by Gasteiger charge is 2.06. The zero-order valence-corrected chi connectivity index (χ0v) is 12.3. The number of methoxy groups -OCH3 is 1. The number of hydrogen-bond acceptors (Lipinski definition) is 6. The molecule has 0 saturated carbocycles. The molecule has 23 heavy (non-hydrogen) atoms. The first kappa shape index (κ1) is 16.1. The molecular formula is C17H14O6. The molecule has 118 valence electrons. The number of carbonyl (C=O) groups excluding carboxylic acids is 2. The smallest absolute Gasteiger partial charge is 0.336 e. The second-order valence-corrected chi connectivity index (χ2v) is 4.36. The van der Waals surface area contributed by atoms with Crippen LogP contribution in [-0.2, 0) is 9.59 Å². The first-order valence-corrected chi connectivity index (χ1v) is 6.61.